The molecular formula is C17H29N3. The largest absolute Gasteiger partial charge is 0.350 e. The number of nitriles is 1. The lowest BCUT2D eigenvalue weighted by molar-refractivity contribution is 0.413. The molecule has 1 rings (SSSR count). The van der Waals surface area contributed by atoms with E-state index in [9.17, 15) is 0 Å². The Labute approximate surface area is 124 Å². The topological polar surface area (TPSA) is 40.8 Å². The summed E-state index contributed by atoms with van der Waals surface area (Å²) in [6.45, 7) is 10.6. The third-order valence-corrected chi connectivity index (χ3v) is 3.76. The Kier molecular flexibility index (Phi) is 6.81. The van der Waals surface area contributed by atoms with Crippen LogP contribution >= 0.6 is 0 Å². The molecule has 0 bridgehead atoms. The van der Waals surface area contributed by atoms with Crippen molar-refractivity contribution in [1.29, 1.82) is 5.26 Å². The van der Waals surface area contributed by atoms with E-state index in [-0.39, 0.29) is 5.41 Å². The van der Waals surface area contributed by atoms with Gasteiger partial charge in [-0.3, -0.25) is 0 Å². The van der Waals surface area contributed by atoms with E-state index in [1.165, 1.54) is 5.69 Å². The summed E-state index contributed by atoms with van der Waals surface area (Å²) in [6, 6.07) is 7.10. The summed E-state index contributed by atoms with van der Waals surface area (Å²) in [5.74, 6) is 0. The van der Waals surface area contributed by atoms with Crippen molar-refractivity contribution in [3.05, 3.63) is 24.0 Å². The minimum Gasteiger partial charge on any atom is -0.350 e. The van der Waals surface area contributed by atoms with Gasteiger partial charge >= 0.3 is 0 Å². The number of nitrogens with zero attached hydrogens (tertiary/aromatic N) is 2. The molecule has 112 valence electrons. The number of hydrogen-bond donors (Lipinski definition) is 1. The maximum Gasteiger partial charge on any atom is 0.0683 e. The molecule has 20 heavy (non-hydrogen) atoms. The zero-order valence-corrected chi connectivity index (χ0v) is 13.4. The van der Waals surface area contributed by atoms with Crippen molar-refractivity contribution < 1.29 is 0 Å². The molecule has 1 atom stereocenters. The average Bonchev–Trinajstić information content (AvgIpc) is 2.89. The maximum absolute atomic E-state index is 9.01. The fraction of sp³-hybridized carbons (Fsp3) is 0.706. The average molecular weight is 275 g/mol. The molecule has 3 nitrogen and oxygen atoms in total. The first-order valence-electron chi connectivity index (χ1n) is 7.80. The highest BCUT2D eigenvalue weighted by Gasteiger charge is 2.15. The Morgan fingerprint density at radius 2 is 2.15 bits per heavy atom. The van der Waals surface area contributed by atoms with Crippen LogP contribution < -0.4 is 5.32 Å². The van der Waals surface area contributed by atoms with E-state index in [1.54, 1.807) is 0 Å². The van der Waals surface area contributed by atoms with Crippen LogP contribution in [-0.2, 0) is 6.54 Å². The van der Waals surface area contributed by atoms with Gasteiger partial charge in [0.05, 0.1) is 11.5 Å². The number of aryl methyl sites for hydroxylation is 1. The van der Waals surface area contributed by atoms with E-state index in [0.29, 0.717) is 6.04 Å². The summed E-state index contributed by atoms with van der Waals surface area (Å²) < 4.78 is 2.34. The van der Waals surface area contributed by atoms with Crippen LogP contribution in [0.1, 0.15) is 65.1 Å². The van der Waals surface area contributed by atoms with Gasteiger partial charge in [-0.25, -0.2) is 0 Å². The van der Waals surface area contributed by atoms with Crippen molar-refractivity contribution in [2.45, 2.75) is 66.0 Å². The second-order valence-corrected chi connectivity index (χ2v) is 6.26. The number of rotatable bonds is 9. The minimum absolute atomic E-state index is 0.185. The van der Waals surface area contributed by atoms with E-state index < -0.39 is 0 Å². The Hall–Kier alpha value is -1.27. The normalized spacial score (nSPS) is 13.2. The molecule has 1 unspecified atom stereocenters. The summed E-state index contributed by atoms with van der Waals surface area (Å²) in [5, 5.41) is 12.5. The van der Waals surface area contributed by atoms with Gasteiger partial charge in [0.15, 0.2) is 0 Å². The number of nitrogens with one attached hydrogen (secondary N) is 1. The van der Waals surface area contributed by atoms with Crippen LogP contribution in [0.15, 0.2) is 18.3 Å². The summed E-state index contributed by atoms with van der Waals surface area (Å²) in [4.78, 5) is 0. The molecule has 1 aromatic heterocycles. The van der Waals surface area contributed by atoms with Gasteiger partial charge < -0.3 is 9.88 Å². The van der Waals surface area contributed by atoms with Crippen LogP contribution in [0.4, 0.5) is 0 Å². The first kappa shape index (κ1) is 16.8. The van der Waals surface area contributed by atoms with Gasteiger partial charge in [-0.15, -0.1) is 0 Å². The monoisotopic (exact) mass is 275 g/mol. The van der Waals surface area contributed by atoms with Crippen LogP contribution in [0.3, 0.4) is 0 Å². The molecule has 3 heteroatoms. The van der Waals surface area contributed by atoms with E-state index in [1.807, 2.05) is 13.8 Å². The van der Waals surface area contributed by atoms with Gasteiger partial charge in [-0.05, 0) is 58.7 Å². The fourth-order valence-electron chi connectivity index (χ4n) is 2.39. The minimum atomic E-state index is -0.185. The molecule has 0 aliphatic heterocycles. The highest BCUT2D eigenvalue weighted by atomic mass is 15.0. The molecular weight excluding hydrogens is 246 g/mol. The molecule has 0 spiro atoms. The molecule has 0 saturated heterocycles. The Balaban J connectivity index is 2.42. The highest BCUT2D eigenvalue weighted by Crippen LogP contribution is 2.22. The van der Waals surface area contributed by atoms with E-state index in [2.05, 4.69) is 48.1 Å². The maximum atomic E-state index is 9.01. The van der Waals surface area contributed by atoms with Crippen LogP contribution in [0.2, 0.25) is 0 Å². The van der Waals surface area contributed by atoms with Gasteiger partial charge in [-0.2, -0.15) is 5.26 Å². The third-order valence-electron chi connectivity index (χ3n) is 3.76. The van der Waals surface area contributed by atoms with E-state index in [4.69, 9.17) is 5.26 Å². The smallest absolute Gasteiger partial charge is 0.0683 e. The number of hydrogen-bond acceptors (Lipinski definition) is 2. The molecule has 0 radical (unpaired) electrons. The fourth-order valence-corrected chi connectivity index (χ4v) is 2.39. The molecule has 0 amide bonds. The lowest BCUT2D eigenvalue weighted by atomic mass is 9.89. The third kappa shape index (κ3) is 5.38. The second kappa shape index (κ2) is 8.11. The van der Waals surface area contributed by atoms with Crippen molar-refractivity contribution in [1.82, 2.24) is 9.88 Å². The SMILES string of the molecule is CCCNC(C)c1cccn1CCCCC(C)(C)C#N. The van der Waals surface area contributed by atoms with Crippen LogP contribution in [0.5, 0.6) is 0 Å². The molecule has 0 aliphatic carbocycles. The lowest BCUT2D eigenvalue weighted by Crippen LogP contribution is -2.22. The quantitative estimate of drug-likeness (QED) is 0.684. The molecule has 0 aliphatic rings. The van der Waals surface area contributed by atoms with Gasteiger partial charge in [-0.1, -0.05) is 13.3 Å². The highest BCUT2D eigenvalue weighted by molar-refractivity contribution is 5.11. The van der Waals surface area contributed by atoms with Crippen molar-refractivity contribution in [3.63, 3.8) is 0 Å². The Morgan fingerprint density at radius 3 is 2.80 bits per heavy atom. The van der Waals surface area contributed by atoms with Gasteiger partial charge in [0.25, 0.3) is 0 Å². The van der Waals surface area contributed by atoms with Crippen molar-refractivity contribution in [2.24, 2.45) is 5.41 Å². The van der Waals surface area contributed by atoms with Crippen LogP contribution in [0, 0.1) is 16.7 Å². The Bertz CT molecular complexity index is 426. The van der Waals surface area contributed by atoms with Crippen molar-refractivity contribution in [2.75, 3.05) is 6.54 Å². The number of unbranched alkanes of at least 4 members (excludes halogenated alkanes) is 1. The Morgan fingerprint density at radius 1 is 1.40 bits per heavy atom. The molecule has 1 N–H and O–H groups in total. The molecule has 0 fully saturated rings. The predicted molar refractivity (Wildman–Crippen MR) is 84.4 cm³/mol. The summed E-state index contributed by atoms with van der Waals surface area (Å²) in [6.07, 6.45) is 6.54. The van der Waals surface area contributed by atoms with Crippen molar-refractivity contribution >= 4 is 0 Å². The van der Waals surface area contributed by atoms with E-state index in [0.717, 1.165) is 38.8 Å². The van der Waals surface area contributed by atoms with E-state index >= 15 is 0 Å². The van der Waals surface area contributed by atoms with Crippen molar-refractivity contribution in [3.8, 4) is 6.07 Å². The summed E-state index contributed by atoms with van der Waals surface area (Å²) in [7, 11) is 0. The molecule has 1 heterocycles. The second-order valence-electron chi connectivity index (χ2n) is 6.26. The lowest BCUT2D eigenvalue weighted by Gasteiger charge is -2.18. The summed E-state index contributed by atoms with van der Waals surface area (Å²) >= 11 is 0. The first-order chi connectivity index (χ1) is 9.50. The van der Waals surface area contributed by atoms with Crippen LogP contribution in [-0.4, -0.2) is 11.1 Å². The zero-order valence-electron chi connectivity index (χ0n) is 13.4. The molecule has 0 saturated carbocycles. The standard InChI is InChI=1S/C17H29N3/c1-5-11-19-15(2)16-9-8-13-20(16)12-7-6-10-17(3,4)14-18/h8-9,13,15,19H,5-7,10-12H2,1-4H3. The summed E-state index contributed by atoms with van der Waals surface area (Å²) in [5.41, 5.74) is 1.17. The molecule has 0 aromatic carbocycles. The van der Waals surface area contributed by atoms with Gasteiger partial charge in [0, 0.05) is 24.5 Å². The van der Waals surface area contributed by atoms with Gasteiger partial charge in [0.1, 0.15) is 0 Å². The van der Waals surface area contributed by atoms with Gasteiger partial charge in [0.2, 0.25) is 0 Å². The first-order valence-corrected chi connectivity index (χ1v) is 7.80. The predicted octanol–water partition coefficient (Wildman–Crippen LogP) is 4.27. The zero-order chi connectivity index (χ0) is 15.0. The van der Waals surface area contributed by atoms with Crippen LogP contribution in [0.25, 0.3) is 0 Å². The number of aromatic nitrogens is 1. The molecule has 1 aromatic rings.